The lowest BCUT2D eigenvalue weighted by molar-refractivity contribution is -0.117. The van der Waals surface area contributed by atoms with Gasteiger partial charge >= 0.3 is 0 Å². The second-order valence-corrected chi connectivity index (χ2v) is 6.76. The zero-order valence-electron chi connectivity index (χ0n) is 14.8. The molecule has 0 spiro atoms. The summed E-state index contributed by atoms with van der Waals surface area (Å²) in [5.74, 6) is -0.809. The minimum atomic E-state index is -0.467. The molecule has 0 fully saturated rings. The Kier molecular flexibility index (Phi) is 6.86. The van der Waals surface area contributed by atoms with Crippen LogP contribution in [0.2, 0.25) is 0 Å². The molecule has 26 heavy (non-hydrogen) atoms. The van der Waals surface area contributed by atoms with Crippen molar-refractivity contribution in [2.45, 2.75) is 20.8 Å². The summed E-state index contributed by atoms with van der Waals surface area (Å²) < 4.78 is 0.966. The Hall–Kier alpha value is -2.73. The van der Waals surface area contributed by atoms with Crippen molar-refractivity contribution in [1.29, 1.82) is 0 Å². The molecular formula is C20H20BrN3O2. The number of halogens is 1. The molecule has 0 saturated carbocycles. The zero-order chi connectivity index (χ0) is 19.1. The van der Waals surface area contributed by atoms with Gasteiger partial charge in [0.15, 0.2) is 0 Å². The quantitative estimate of drug-likeness (QED) is 0.441. The van der Waals surface area contributed by atoms with Crippen molar-refractivity contribution in [2.75, 3.05) is 0 Å². The van der Waals surface area contributed by atoms with Gasteiger partial charge in [0.1, 0.15) is 5.70 Å². The molecule has 2 rings (SSSR count). The van der Waals surface area contributed by atoms with Crippen LogP contribution in [0.3, 0.4) is 0 Å². The van der Waals surface area contributed by atoms with E-state index in [-0.39, 0.29) is 11.6 Å². The van der Waals surface area contributed by atoms with Crippen LogP contribution in [0.25, 0.3) is 0 Å². The number of amides is 2. The molecule has 0 aliphatic rings. The number of rotatable bonds is 5. The summed E-state index contributed by atoms with van der Waals surface area (Å²) in [7, 11) is 0. The number of carbonyl (C=O) groups is 2. The maximum atomic E-state index is 12.4. The van der Waals surface area contributed by atoms with Crippen molar-refractivity contribution >= 4 is 33.5 Å². The maximum absolute atomic E-state index is 12.4. The molecule has 6 heteroatoms. The molecule has 0 aliphatic heterocycles. The van der Waals surface area contributed by atoms with Gasteiger partial charge in [0.2, 0.25) is 0 Å². The molecule has 0 saturated heterocycles. The summed E-state index contributed by atoms with van der Waals surface area (Å²) in [6.45, 7) is 5.31. The smallest absolute Gasteiger partial charge is 0.287 e. The van der Waals surface area contributed by atoms with Crippen LogP contribution >= 0.6 is 15.9 Å². The SMILES string of the molecule is CC(C)=C(NC(=O)c1ccccc1)C(=O)N/N=C(/C)c1ccc(Br)cc1. The number of hydrogen-bond donors (Lipinski definition) is 2. The lowest BCUT2D eigenvalue weighted by atomic mass is 10.1. The molecule has 2 amide bonds. The van der Waals surface area contributed by atoms with Crippen LogP contribution in [-0.4, -0.2) is 17.5 Å². The minimum absolute atomic E-state index is 0.186. The highest BCUT2D eigenvalue weighted by molar-refractivity contribution is 9.10. The third kappa shape index (κ3) is 5.39. The fourth-order valence-electron chi connectivity index (χ4n) is 2.13. The third-order valence-corrected chi connectivity index (χ3v) is 4.12. The van der Waals surface area contributed by atoms with Crippen molar-refractivity contribution in [3.63, 3.8) is 0 Å². The van der Waals surface area contributed by atoms with E-state index in [4.69, 9.17) is 0 Å². The molecule has 0 unspecified atom stereocenters. The maximum Gasteiger partial charge on any atom is 0.287 e. The van der Waals surface area contributed by atoms with Crippen molar-refractivity contribution in [3.8, 4) is 0 Å². The van der Waals surface area contributed by atoms with E-state index in [1.54, 1.807) is 45.0 Å². The predicted octanol–water partition coefficient (Wildman–Crippen LogP) is 4.01. The first-order valence-electron chi connectivity index (χ1n) is 8.03. The molecule has 2 N–H and O–H groups in total. The molecule has 134 valence electrons. The van der Waals surface area contributed by atoms with Crippen molar-refractivity contribution in [2.24, 2.45) is 5.10 Å². The van der Waals surface area contributed by atoms with E-state index in [9.17, 15) is 9.59 Å². The molecule has 0 bridgehead atoms. The largest absolute Gasteiger partial charge is 0.317 e. The highest BCUT2D eigenvalue weighted by Crippen LogP contribution is 2.11. The van der Waals surface area contributed by atoms with Gasteiger partial charge in [0.25, 0.3) is 11.8 Å². The van der Waals surface area contributed by atoms with Gasteiger partial charge in [-0.15, -0.1) is 0 Å². The first-order valence-corrected chi connectivity index (χ1v) is 8.82. The van der Waals surface area contributed by atoms with Crippen LogP contribution in [0, 0.1) is 0 Å². The molecule has 0 atom stereocenters. The molecule has 0 heterocycles. The lowest BCUT2D eigenvalue weighted by Gasteiger charge is -2.11. The Morgan fingerprint density at radius 2 is 1.50 bits per heavy atom. The third-order valence-electron chi connectivity index (χ3n) is 3.59. The number of benzene rings is 2. The van der Waals surface area contributed by atoms with Gasteiger partial charge in [-0.05, 0) is 56.2 Å². The topological polar surface area (TPSA) is 70.6 Å². The molecule has 5 nitrogen and oxygen atoms in total. The lowest BCUT2D eigenvalue weighted by Crippen LogP contribution is -2.34. The fourth-order valence-corrected chi connectivity index (χ4v) is 2.39. The van der Waals surface area contributed by atoms with E-state index >= 15 is 0 Å². The Morgan fingerprint density at radius 3 is 2.08 bits per heavy atom. The van der Waals surface area contributed by atoms with Crippen LogP contribution in [0.1, 0.15) is 36.7 Å². The van der Waals surface area contributed by atoms with Crippen LogP contribution in [-0.2, 0) is 4.79 Å². The standard InChI is InChI=1S/C20H20BrN3O2/c1-13(2)18(22-19(25)16-7-5-4-6-8-16)20(26)24-23-14(3)15-9-11-17(21)12-10-15/h4-12H,1-3H3,(H,22,25)(H,24,26)/b23-14-. The minimum Gasteiger partial charge on any atom is -0.317 e. The Balaban J connectivity index is 2.09. The summed E-state index contributed by atoms with van der Waals surface area (Å²) >= 11 is 3.38. The normalized spacial score (nSPS) is 10.8. The number of carbonyl (C=O) groups excluding carboxylic acids is 2. The number of nitrogens with zero attached hydrogens (tertiary/aromatic N) is 1. The summed E-state index contributed by atoms with van der Waals surface area (Å²) in [5.41, 5.74) is 5.40. The van der Waals surface area contributed by atoms with Crippen LogP contribution in [0.5, 0.6) is 0 Å². The van der Waals surface area contributed by atoms with Crippen molar-refractivity contribution < 1.29 is 9.59 Å². The number of hydrogen-bond acceptors (Lipinski definition) is 3. The van der Waals surface area contributed by atoms with E-state index in [1.165, 1.54) is 0 Å². The zero-order valence-corrected chi connectivity index (χ0v) is 16.4. The first-order chi connectivity index (χ1) is 12.4. The second-order valence-electron chi connectivity index (χ2n) is 5.84. The van der Waals surface area contributed by atoms with E-state index in [1.807, 2.05) is 30.3 Å². The summed E-state index contributed by atoms with van der Waals surface area (Å²) in [5, 5.41) is 6.78. The van der Waals surface area contributed by atoms with E-state index in [0.717, 1.165) is 10.0 Å². The highest BCUT2D eigenvalue weighted by atomic mass is 79.9. The van der Waals surface area contributed by atoms with Crippen LogP contribution in [0.4, 0.5) is 0 Å². The molecule has 2 aromatic rings. The Morgan fingerprint density at radius 1 is 0.885 bits per heavy atom. The highest BCUT2D eigenvalue weighted by Gasteiger charge is 2.15. The monoisotopic (exact) mass is 413 g/mol. The molecule has 0 aliphatic carbocycles. The van der Waals surface area contributed by atoms with Crippen LogP contribution in [0.15, 0.2) is 75.4 Å². The van der Waals surface area contributed by atoms with E-state index in [2.05, 4.69) is 31.8 Å². The van der Waals surface area contributed by atoms with Crippen molar-refractivity contribution in [3.05, 3.63) is 81.5 Å². The average Bonchev–Trinajstić information content (AvgIpc) is 2.64. The van der Waals surface area contributed by atoms with Gasteiger partial charge in [0.05, 0.1) is 5.71 Å². The number of allylic oxidation sites excluding steroid dienone is 1. The van der Waals surface area contributed by atoms with Crippen LogP contribution < -0.4 is 10.7 Å². The van der Waals surface area contributed by atoms with Crippen molar-refractivity contribution in [1.82, 2.24) is 10.7 Å². The Bertz CT molecular complexity index is 852. The second kappa shape index (κ2) is 9.10. The number of hydrazone groups is 1. The molecule has 0 aromatic heterocycles. The van der Waals surface area contributed by atoms with Gasteiger partial charge in [-0.2, -0.15) is 5.10 Å². The summed E-state index contributed by atoms with van der Waals surface area (Å²) in [6.07, 6.45) is 0. The van der Waals surface area contributed by atoms with Gasteiger partial charge in [-0.3, -0.25) is 9.59 Å². The summed E-state index contributed by atoms with van der Waals surface area (Å²) in [4.78, 5) is 24.7. The van der Waals surface area contributed by atoms with E-state index < -0.39 is 5.91 Å². The molecule has 2 aromatic carbocycles. The first kappa shape index (κ1) is 19.6. The summed E-state index contributed by atoms with van der Waals surface area (Å²) in [6, 6.07) is 16.3. The van der Waals surface area contributed by atoms with Gasteiger partial charge < -0.3 is 5.32 Å². The predicted molar refractivity (Wildman–Crippen MR) is 107 cm³/mol. The number of nitrogens with one attached hydrogen (secondary N) is 2. The fraction of sp³-hybridized carbons (Fsp3) is 0.150. The van der Waals surface area contributed by atoms with Gasteiger partial charge in [-0.1, -0.05) is 46.3 Å². The Labute approximate surface area is 161 Å². The van der Waals surface area contributed by atoms with Gasteiger partial charge in [-0.25, -0.2) is 5.43 Å². The molecular weight excluding hydrogens is 394 g/mol. The average molecular weight is 414 g/mol. The molecule has 0 radical (unpaired) electrons. The van der Waals surface area contributed by atoms with Gasteiger partial charge in [0, 0.05) is 10.0 Å². The van der Waals surface area contributed by atoms with E-state index in [0.29, 0.717) is 16.8 Å².